The van der Waals surface area contributed by atoms with Gasteiger partial charge in [-0.2, -0.15) is 0 Å². The van der Waals surface area contributed by atoms with Crippen LogP contribution in [0.5, 0.6) is 0 Å². The molecule has 1 atom stereocenters. The van der Waals surface area contributed by atoms with Crippen LogP contribution < -0.4 is 10.5 Å². The van der Waals surface area contributed by atoms with Gasteiger partial charge in [0.25, 0.3) is 0 Å². The second kappa shape index (κ2) is 6.34. The van der Waals surface area contributed by atoms with Gasteiger partial charge in [0.05, 0.1) is 18.2 Å². The minimum atomic E-state index is -3.86. The standard InChI is InChI=1S/C13H18N2O4S/c14-20(17,18)12-7-2-1-6-11(12)15-13(16)9-10-5-3-4-8-19-10/h1-2,6-7,10H,3-5,8-9H2,(H,15,16)(H2,14,17,18). The fourth-order valence-corrected chi connectivity index (χ4v) is 2.89. The Hall–Kier alpha value is -1.44. The molecule has 2 rings (SSSR count). The highest BCUT2D eigenvalue weighted by Crippen LogP contribution is 2.21. The van der Waals surface area contributed by atoms with Crippen LogP contribution in [0.2, 0.25) is 0 Å². The van der Waals surface area contributed by atoms with Gasteiger partial charge in [0.1, 0.15) is 4.90 Å². The Kier molecular flexibility index (Phi) is 4.74. The van der Waals surface area contributed by atoms with Crippen LogP contribution in [0.3, 0.4) is 0 Å². The zero-order valence-corrected chi connectivity index (χ0v) is 11.9. The van der Waals surface area contributed by atoms with Crippen molar-refractivity contribution < 1.29 is 17.9 Å². The molecule has 0 aliphatic carbocycles. The van der Waals surface area contributed by atoms with E-state index in [9.17, 15) is 13.2 Å². The number of para-hydroxylation sites is 1. The lowest BCUT2D eigenvalue weighted by atomic mass is 10.1. The van der Waals surface area contributed by atoms with Crippen LogP contribution in [0.1, 0.15) is 25.7 Å². The average molecular weight is 298 g/mol. The molecule has 3 N–H and O–H groups in total. The van der Waals surface area contributed by atoms with Gasteiger partial charge in [-0.15, -0.1) is 0 Å². The number of hydrogen-bond acceptors (Lipinski definition) is 4. The number of anilines is 1. The summed E-state index contributed by atoms with van der Waals surface area (Å²) in [6.45, 7) is 0.672. The van der Waals surface area contributed by atoms with Gasteiger partial charge < -0.3 is 10.1 Å². The van der Waals surface area contributed by atoms with Gasteiger partial charge in [0, 0.05) is 6.61 Å². The van der Waals surface area contributed by atoms with Crippen molar-refractivity contribution in [2.24, 2.45) is 5.14 Å². The van der Waals surface area contributed by atoms with Crippen LogP contribution in [-0.2, 0) is 19.6 Å². The SMILES string of the molecule is NS(=O)(=O)c1ccccc1NC(=O)CC1CCCCO1. The Labute approximate surface area is 118 Å². The quantitative estimate of drug-likeness (QED) is 0.873. The highest BCUT2D eigenvalue weighted by Gasteiger charge is 2.20. The number of benzene rings is 1. The van der Waals surface area contributed by atoms with Crippen LogP contribution in [0, 0.1) is 0 Å². The molecule has 0 saturated carbocycles. The summed E-state index contributed by atoms with van der Waals surface area (Å²) in [5, 5.41) is 7.70. The van der Waals surface area contributed by atoms with Crippen molar-refractivity contribution in [1.29, 1.82) is 0 Å². The number of nitrogens with two attached hydrogens (primary N) is 1. The molecule has 1 amide bonds. The van der Waals surface area contributed by atoms with Crippen LogP contribution in [0.4, 0.5) is 5.69 Å². The third-order valence-electron chi connectivity index (χ3n) is 3.15. The third-order valence-corrected chi connectivity index (χ3v) is 4.12. The lowest BCUT2D eigenvalue weighted by Crippen LogP contribution is -2.26. The Morgan fingerprint density at radius 2 is 2.10 bits per heavy atom. The molecule has 20 heavy (non-hydrogen) atoms. The van der Waals surface area contributed by atoms with Crippen molar-refractivity contribution in [3.8, 4) is 0 Å². The third kappa shape index (κ3) is 4.03. The van der Waals surface area contributed by atoms with E-state index in [1.165, 1.54) is 12.1 Å². The zero-order chi connectivity index (χ0) is 14.6. The maximum absolute atomic E-state index is 11.9. The molecule has 0 spiro atoms. The van der Waals surface area contributed by atoms with Crippen molar-refractivity contribution in [3.63, 3.8) is 0 Å². The topological polar surface area (TPSA) is 98.5 Å². The molecule has 1 aromatic carbocycles. The van der Waals surface area contributed by atoms with E-state index < -0.39 is 10.0 Å². The summed E-state index contributed by atoms with van der Waals surface area (Å²) in [6.07, 6.45) is 3.05. The summed E-state index contributed by atoms with van der Waals surface area (Å²) in [6, 6.07) is 6.07. The highest BCUT2D eigenvalue weighted by molar-refractivity contribution is 7.89. The molecule has 6 nitrogen and oxygen atoms in total. The number of nitrogens with one attached hydrogen (secondary N) is 1. The molecule has 1 saturated heterocycles. The summed E-state index contributed by atoms with van der Waals surface area (Å²) < 4.78 is 28.3. The lowest BCUT2D eigenvalue weighted by Gasteiger charge is -2.22. The maximum Gasteiger partial charge on any atom is 0.240 e. The van der Waals surface area contributed by atoms with Crippen LogP contribution in [0.25, 0.3) is 0 Å². The van der Waals surface area contributed by atoms with E-state index in [1.807, 2.05) is 0 Å². The number of sulfonamides is 1. The molecule has 1 aromatic rings. The van der Waals surface area contributed by atoms with Crippen molar-refractivity contribution in [3.05, 3.63) is 24.3 Å². The van der Waals surface area contributed by atoms with Gasteiger partial charge in [-0.3, -0.25) is 4.79 Å². The van der Waals surface area contributed by atoms with Crippen molar-refractivity contribution in [2.45, 2.75) is 36.7 Å². The summed E-state index contributed by atoms with van der Waals surface area (Å²) in [4.78, 5) is 11.8. The smallest absolute Gasteiger partial charge is 0.240 e. The number of primary sulfonamides is 1. The molecule has 0 bridgehead atoms. The van der Waals surface area contributed by atoms with Gasteiger partial charge in [0.15, 0.2) is 0 Å². The number of amides is 1. The molecule has 0 aromatic heterocycles. The molecular formula is C13H18N2O4S. The van der Waals surface area contributed by atoms with Crippen molar-refractivity contribution >= 4 is 21.6 Å². The molecule has 1 heterocycles. The number of rotatable bonds is 4. The van der Waals surface area contributed by atoms with Crippen LogP contribution in [0.15, 0.2) is 29.2 Å². The highest BCUT2D eigenvalue weighted by atomic mass is 32.2. The largest absolute Gasteiger partial charge is 0.378 e. The Balaban J connectivity index is 2.04. The second-order valence-electron chi connectivity index (χ2n) is 4.78. The summed E-state index contributed by atoms with van der Waals surface area (Å²) in [5.41, 5.74) is 0.204. The van der Waals surface area contributed by atoms with E-state index in [0.717, 1.165) is 19.3 Å². The fraction of sp³-hybridized carbons (Fsp3) is 0.462. The van der Waals surface area contributed by atoms with E-state index in [0.29, 0.717) is 6.61 Å². The summed E-state index contributed by atoms with van der Waals surface area (Å²) >= 11 is 0. The molecule has 110 valence electrons. The Morgan fingerprint density at radius 3 is 2.75 bits per heavy atom. The lowest BCUT2D eigenvalue weighted by molar-refractivity contribution is -0.119. The summed E-state index contributed by atoms with van der Waals surface area (Å²) in [5.74, 6) is -0.270. The average Bonchev–Trinajstić information content (AvgIpc) is 2.39. The first kappa shape index (κ1) is 15.0. The molecule has 1 unspecified atom stereocenters. The molecular weight excluding hydrogens is 280 g/mol. The van der Waals surface area contributed by atoms with Crippen LogP contribution >= 0.6 is 0 Å². The van der Waals surface area contributed by atoms with Crippen molar-refractivity contribution in [2.75, 3.05) is 11.9 Å². The molecule has 0 radical (unpaired) electrons. The number of hydrogen-bond donors (Lipinski definition) is 2. The van der Waals surface area contributed by atoms with Crippen LogP contribution in [-0.4, -0.2) is 27.0 Å². The monoisotopic (exact) mass is 298 g/mol. The Morgan fingerprint density at radius 1 is 1.35 bits per heavy atom. The van der Waals surface area contributed by atoms with Gasteiger partial charge in [-0.05, 0) is 31.4 Å². The second-order valence-corrected chi connectivity index (χ2v) is 6.31. The number of carbonyl (C=O) groups excluding carboxylic acids is 1. The predicted octanol–water partition coefficient (Wildman–Crippen LogP) is 1.23. The zero-order valence-electron chi connectivity index (χ0n) is 11.0. The molecule has 7 heteroatoms. The first-order valence-corrected chi connectivity index (χ1v) is 8.05. The van der Waals surface area contributed by atoms with E-state index in [2.05, 4.69) is 5.32 Å². The van der Waals surface area contributed by atoms with Gasteiger partial charge in [-0.25, -0.2) is 13.6 Å². The van der Waals surface area contributed by atoms with E-state index in [1.54, 1.807) is 12.1 Å². The molecule has 1 aliphatic heterocycles. The minimum Gasteiger partial charge on any atom is -0.378 e. The van der Waals surface area contributed by atoms with Gasteiger partial charge >= 0.3 is 0 Å². The van der Waals surface area contributed by atoms with E-state index in [4.69, 9.17) is 9.88 Å². The van der Waals surface area contributed by atoms with Crippen molar-refractivity contribution in [1.82, 2.24) is 0 Å². The van der Waals surface area contributed by atoms with E-state index >= 15 is 0 Å². The number of ether oxygens (including phenoxy) is 1. The normalized spacial score (nSPS) is 19.6. The van der Waals surface area contributed by atoms with E-state index in [-0.39, 0.29) is 29.0 Å². The fourth-order valence-electron chi connectivity index (χ4n) is 2.19. The summed E-state index contributed by atoms with van der Waals surface area (Å²) in [7, 11) is -3.86. The van der Waals surface area contributed by atoms with Gasteiger partial charge in [-0.1, -0.05) is 12.1 Å². The molecule has 1 fully saturated rings. The predicted molar refractivity (Wildman–Crippen MR) is 74.7 cm³/mol. The minimum absolute atomic E-state index is 0.0853. The number of carbonyl (C=O) groups is 1. The Bertz CT molecular complexity index is 580. The molecule has 1 aliphatic rings. The van der Waals surface area contributed by atoms with Gasteiger partial charge in [0.2, 0.25) is 15.9 Å². The first-order valence-electron chi connectivity index (χ1n) is 6.50. The first-order chi connectivity index (χ1) is 9.47. The maximum atomic E-state index is 11.9.